The number of nitrogen functional groups attached to an aromatic ring is 1. The van der Waals surface area contributed by atoms with Gasteiger partial charge in [0.1, 0.15) is 27.7 Å². The summed E-state index contributed by atoms with van der Waals surface area (Å²) in [6, 6.07) is 25.0. The number of aromatic nitrogens is 3. The molecule has 0 aliphatic heterocycles. The van der Waals surface area contributed by atoms with Crippen LogP contribution in [0.2, 0.25) is 0 Å². The molecule has 4 aromatic heterocycles. The van der Waals surface area contributed by atoms with Gasteiger partial charge in [0.15, 0.2) is 0 Å². The topological polar surface area (TPSA) is 166 Å². The highest BCUT2D eigenvalue weighted by Gasteiger charge is 2.23. The van der Waals surface area contributed by atoms with Crippen LogP contribution < -0.4 is 17.0 Å². The molecule has 234 valence electrons. The number of thiazole rings is 1. The zero-order valence-corrected chi connectivity index (χ0v) is 26.0. The molecule has 0 fully saturated rings. The van der Waals surface area contributed by atoms with E-state index in [4.69, 9.17) is 14.6 Å². The molecular formula is C37H24N4O6S. The molecule has 10 nitrogen and oxygen atoms in total. The van der Waals surface area contributed by atoms with Crippen molar-refractivity contribution in [2.24, 2.45) is 0 Å². The number of nitrogens with two attached hydrogens (primary N) is 1. The molecule has 48 heavy (non-hydrogen) atoms. The summed E-state index contributed by atoms with van der Waals surface area (Å²) >= 11 is 1.39. The maximum atomic E-state index is 13.4. The molecule has 0 amide bonds. The van der Waals surface area contributed by atoms with E-state index in [1.165, 1.54) is 29.7 Å². The summed E-state index contributed by atoms with van der Waals surface area (Å²) in [4.78, 5) is 39.2. The van der Waals surface area contributed by atoms with Crippen LogP contribution in [0.5, 0.6) is 11.5 Å². The molecule has 0 atom stereocenters. The Kier molecular flexibility index (Phi) is 6.78. The molecule has 4 heterocycles. The Morgan fingerprint density at radius 1 is 0.833 bits per heavy atom. The molecule has 4 N–H and O–H groups in total. The largest absolute Gasteiger partial charge is 0.508 e. The lowest BCUT2D eigenvalue weighted by Crippen LogP contribution is -2.06. The van der Waals surface area contributed by atoms with Gasteiger partial charge in [-0.15, -0.1) is 11.3 Å². The molecule has 8 rings (SSSR count). The number of aromatic hydroxyl groups is 2. The fourth-order valence-corrected chi connectivity index (χ4v) is 6.97. The molecule has 0 aliphatic carbocycles. The van der Waals surface area contributed by atoms with E-state index in [1.54, 1.807) is 25.1 Å². The van der Waals surface area contributed by atoms with Gasteiger partial charge in [-0.3, -0.25) is 0 Å². The van der Waals surface area contributed by atoms with Crippen molar-refractivity contribution in [2.45, 2.75) is 13.3 Å². The van der Waals surface area contributed by atoms with Crippen LogP contribution in [-0.2, 0) is 6.42 Å². The number of rotatable bonds is 5. The van der Waals surface area contributed by atoms with Crippen molar-refractivity contribution in [3.63, 3.8) is 0 Å². The molecule has 0 bridgehead atoms. The number of benzene rings is 4. The van der Waals surface area contributed by atoms with Gasteiger partial charge in [-0.05, 0) is 54.4 Å². The summed E-state index contributed by atoms with van der Waals surface area (Å²) in [5, 5.41) is 24.2. The van der Waals surface area contributed by atoms with Crippen molar-refractivity contribution in [1.82, 2.24) is 15.0 Å². The monoisotopic (exact) mass is 652 g/mol. The van der Waals surface area contributed by atoms with Crippen molar-refractivity contribution in [2.75, 3.05) is 5.73 Å². The smallest absolute Gasteiger partial charge is 0.346 e. The Hall–Kier alpha value is -6.33. The second kappa shape index (κ2) is 11.2. The van der Waals surface area contributed by atoms with Crippen LogP contribution in [0.3, 0.4) is 0 Å². The van der Waals surface area contributed by atoms with Gasteiger partial charge in [0, 0.05) is 51.7 Å². The van der Waals surface area contributed by atoms with Crippen molar-refractivity contribution < 1.29 is 19.0 Å². The average Bonchev–Trinajstić information content (AvgIpc) is 3.53. The number of phenolic OH excluding ortho intramolecular Hbond substituents is 2. The zero-order chi connectivity index (χ0) is 33.1. The van der Waals surface area contributed by atoms with E-state index in [0.29, 0.717) is 54.9 Å². The SMILES string of the molecule is Cc1c(O)c(-c2nc(N)ncc2Cc2c(O)ccc3cc(-c4nc5ccccc5s4)c(=O)oc23)cc2c(-c3ccccc3)cc(=O)oc12. The van der Waals surface area contributed by atoms with Crippen molar-refractivity contribution in [3.8, 4) is 44.5 Å². The summed E-state index contributed by atoms with van der Waals surface area (Å²) in [7, 11) is 0. The van der Waals surface area contributed by atoms with E-state index < -0.39 is 11.3 Å². The van der Waals surface area contributed by atoms with Gasteiger partial charge in [-0.25, -0.2) is 24.5 Å². The van der Waals surface area contributed by atoms with Crippen LogP contribution in [-0.4, -0.2) is 25.2 Å². The summed E-state index contributed by atoms with van der Waals surface area (Å²) in [6.45, 7) is 1.65. The molecule has 0 saturated carbocycles. The Labute approximate surface area is 275 Å². The normalized spacial score (nSPS) is 11.5. The first-order valence-electron chi connectivity index (χ1n) is 14.9. The van der Waals surface area contributed by atoms with Gasteiger partial charge in [0.2, 0.25) is 5.95 Å². The van der Waals surface area contributed by atoms with Crippen molar-refractivity contribution in [1.29, 1.82) is 0 Å². The first-order chi connectivity index (χ1) is 23.2. The molecule has 0 saturated heterocycles. The fraction of sp³-hybridized carbons (Fsp3) is 0.0541. The third kappa shape index (κ3) is 4.84. The van der Waals surface area contributed by atoms with Gasteiger partial charge in [0.25, 0.3) is 0 Å². The number of fused-ring (bicyclic) bond motifs is 3. The third-order valence-electron chi connectivity index (χ3n) is 8.33. The summed E-state index contributed by atoms with van der Waals surface area (Å²) < 4.78 is 12.4. The fourth-order valence-electron chi connectivity index (χ4n) is 6.00. The second-order valence-electron chi connectivity index (χ2n) is 11.3. The minimum Gasteiger partial charge on any atom is -0.508 e. The maximum absolute atomic E-state index is 13.4. The van der Waals surface area contributed by atoms with E-state index >= 15 is 0 Å². The molecule has 0 aliphatic rings. The summed E-state index contributed by atoms with van der Waals surface area (Å²) in [5.41, 5.74) is 9.59. The summed E-state index contributed by atoms with van der Waals surface area (Å²) in [6.07, 6.45) is 1.53. The molecule has 8 aromatic rings. The molecule has 4 aromatic carbocycles. The lowest BCUT2D eigenvalue weighted by atomic mass is 9.93. The molecule has 11 heteroatoms. The molecule has 0 unspecified atom stereocenters. The number of phenols is 2. The predicted octanol–water partition coefficient (Wildman–Crippen LogP) is 7.19. The third-order valence-corrected chi connectivity index (χ3v) is 9.40. The van der Waals surface area contributed by atoms with E-state index in [1.807, 2.05) is 54.6 Å². The molecule has 0 spiro atoms. The second-order valence-corrected chi connectivity index (χ2v) is 12.3. The highest BCUT2D eigenvalue weighted by molar-refractivity contribution is 7.21. The van der Waals surface area contributed by atoms with Crippen LogP contribution in [0.25, 0.3) is 65.1 Å². The molecule has 0 radical (unpaired) electrons. The highest BCUT2D eigenvalue weighted by Crippen LogP contribution is 2.42. The zero-order valence-electron chi connectivity index (χ0n) is 25.2. The van der Waals surface area contributed by atoms with E-state index in [-0.39, 0.29) is 35.0 Å². The van der Waals surface area contributed by atoms with Gasteiger partial charge in [-0.1, -0.05) is 42.5 Å². The number of anilines is 1. The van der Waals surface area contributed by atoms with Gasteiger partial charge < -0.3 is 24.8 Å². The van der Waals surface area contributed by atoms with Gasteiger partial charge >= 0.3 is 11.3 Å². The Bertz CT molecular complexity index is 2670. The Morgan fingerprint density at radius 2 is 1.62 bits per heavy atom. The minimum atomic E-state index is -0.597. The predicted molar refractivity (Wildman–Crippen MR) is 185 cm³/mol. The minimum absolute atomic E-state index is 0.0220. The Balaban J connectivity index is 1.29. The van der Waals surface area contributed by atoms with Crippen LogP contribution in [0.15, 0.2) is 110 Å². The molecular weight excluding hydrogens is 628 g/mol. The standard InChI is InChI=1S/C37H24N4O6S/c1-18-32(44)25(15-23-22(16-30(43)46-33(18)23)19-7-3-2-4-8-19)31-21(17-39-37(38)41-31)14-24-28(42)12-11-20-13-26(36(45)47-34(20)24)35-40-27-9-5-6-10-29(27)48-35/h2-13,15-17,42,44H,14H2,1H3,(H2,38,39,41). The van der Waals surface area contributed by atoms with E-state index in [2.05, 4.69) is 15.0 Å². The number of para-hydroxylation sites is 1. The quantitative estimate of drug-likeness (QED) is 0.162. The van der Waals surface area contributed by atoms with Gasteiger partial charge in [0.05, 0.1) is 21.5 Å². The Morgan fingerprint density at radius 3 is 2.44 bits per heavy atom. The number of hydrogen-bond donors (Lipinski definition) is 3. The first-order valence-corrected chi connectivity index (χ1v) is 15.7. The highest BCUT2D eigenvalue weighted by atomic mass is 32.1. The average molecular weight is 653 g/mol. The van der Waals surface area contributed by atoms with E-state index in [0.717, 1.165) is 15.8 Å². The maximum Gasteiger partial charge on any atom is 0.346 e. The lowest BCUT2D eigenvalue weighted by molar-refractivity contribution is 0.466. The van der Waals surface area contributed by atoms with Gasteiger partial charge in [-0.2, -0.15) is 0 Å². The van der Waals surface area contributed by atoms with Crippen LogP contribution in [0.1, 0.15) is 16.7 Å². The van der Waals surface area contributed by atoms with Crippen molar-refractivity contribution >= 4 is 49.4 Å². The number of nitrogens with zero attached hydrogens (tertiary/aromatic N) is 3. The van der Waals surface area contributed by atoms with Crippen LogP contribution in [0, 0.1) is 6.92 Å². The van der Waals surface area contributed by atoms with Crippen LogP contribution in [0.4, 0.5) is 5.95 Å². The lowest BCUT2D eigenvalue weighted by Gasteiger charge is -2.16. The number of hydrogen-bond acceptors (Lipinski definition) is 11. The number of aryl methyl sites for hydroxylation is 1. The van der Waals surface area contributed by atoms with Crippen molar-refractivity contribution in [3.05, 3.63) is 129 Å². The van der Waals surface area contributed by atoms with E-state index in [9.17, 15) is 19.8 Å². The summed E-state index contributed by atoms with van der Waals surface area (Å²) in [5.74, 6) is -0.305. The van der Waals surface area contributed by atoms with Crippen LogP contribution >= 0.6 is 11.3 Å². The first kappa shape index (κ1) is 29.1.